The van der Waals surface area contributed by atoms with Crippen LogP contribution in [0.25, 0.3) is 11.1 Å². The number of pyridine rings is 1. The quantitative estimate of drug-likeness (QED) is 0.605. The van der Waals surface area contributed by atoms with Crippen molar-refractivity contribution >= 4 is 23.2 Å². The zero-order valence-electron chi connectivity index (χ0n) is 19.9. The van der Waals surface area contributed by atoms with Gasteiger partial charge in [-0.15, -0.1) is 0 Å². The van der Waals surface area contributed by atoms with Crippen molar-refractivity contribution in [2.45, 2.75) is 27.2 Å². The third kappa shape index (κ3) is 4.21. The van der Waals surface area contributed by atoms with Crippen LogP contribution in [0.3, 0.4) is 0 Å². The predicted octanol–water partition coefficient (Wildman–Crippen LogP) is 4.91. The first kappa shape index (κ1) is 22.3. The predicted molar refractivity (Wildman–Crippen MR) is 134 cm³/mol. The highest BCUT2D eigenvalue weighted by atomic mass is 16.5. The second kappa shape index (κ2) is 8.69. The minimum Gasteiger partial charge on any atom is -0.378 e. The van der Waals surface area contributed by atoms with Gasteiger partial charge in [0.15, 0.2) is 5.78 Å². The largest absolute Gasteiger partial charge is 0.378 e. The summed E-state index contributed by atoms with van der Waals surface area (Å²) in [4.78, 5) is 32.2. The fourth-order valence-corrected chi connectivity index (χ4v) is 4.79. The zero-order chi connectivity index (χ0) is 23.9. The smallest absolute Gasteiger partial charge is 0.255 e. The molecule has 0 unspecified atom stereocenters. The molecule has 2 aromatic carbocycles. The Morgan fingerprint density at radius 3 is 2.62 bits per heavy atom. The van der Waals surface area contributed by atoms with Crippen molar-refractivity contribution in [1.82, 2.24) is 4.98 Å². The molecule has 1 aliphatic heterocycles. The highest BCUT2D eigenvalue weighted by Gasteiger charge is 2.37. The van der Waals surface area contributed by atoms with E-state index in [2.05, 4.69) is 28.2 Å². The molecule has 1 saturated heterocycles. The Kier molecular flexibility index (Phi) is 5.70. The molecule has 2 aliphatic rings. The number of aryl methyl sites for hydroxylation is 1. The molecule has 1 aliphatic carbocycles. The summed E-state index contributed by atoms with van der Waals surface area (Å²) < 4.78 is 5.41. The van der Waals surface area contributed by atoms with E-state index in [9.17, 15) is 9.59 Å². The number of benzene rings is 2. The van der Waals surface area contributed by atoms with Gasteiger partial charge in [-0.1, -0.05) is 38.1 Å². The highest BCUT2D eigenvalue weighted by molar-refractivity contribution is 6.06. The number of morpholine rings is 1. The lowest BCUT2D eigenvalue weighted by molar-refractivity contribution is 0.0863. The van der Waals surface area contributed by atoms with Crippen molar-refractivity contribution in [3.05, 3.63) is 77.0 Å². The number of Topliss-reactive ketones (excluding diaryl/α,β-unsaturated/α-hetero) is 1. The van der Waals surface area contributed by atoms with Crippen molar-refractivity contribution in [3.63, 3.8) is 0 Å². The van der Waals surface area contributed by atoms with Gasteiger partial charge in [-0.25, -0.2) is 4.98 Å². The van der Waals surface area contributed by atoms with Crippen molar-refractivity contribution < 1.29 is 14.3 Å². The van der Waals surface area contributed by atoms with E-state index in [-0.39, 0.29) is 17.1 Å². The van der Waals surface area contributed by atoms with Crippen LogP contribution in [0.2, 0.25) is 0 Å². The summed E-state index contributed by atoms with van der Waals surface area (Å²) in [5.41, 5.74) is 6.07. The molecular weight excluding hydrogens is 426 g/mol. The number of hydrogen-bond donors (Lipinski definition) is 1. The number of amides is 1. The molecule has 0 radical (unpaired) electrons. The average Bonchev–Trinajstić information content (AvgIpc) is 3.08. The molecule has 1 N–H and O–H groups in total. The van der Waals surface area contributed by atoms with Crippen LogP contribution in [0, 0.1) is 12.3 Å². The Bertz CT molecular complexity index is 1280. The van der Waals surface area contributed by atoms with Crippen LogP contribution in [0.1, 0.15) is 45.7 Å². The summed E-state index contributed by atoms with van der Waals surface area (Å²) in [6.07, 6.45) is 2.42. The normalized spacial score (nSPS) is 16.9. The molecule has 174 valence electrons. The third-order valence-electron chi connectivity index (χ3n) is 6.75. The Balaban J connectivity index is 1.38. The van der Waals surface area contributed by atoms with E-state index in [1.165, 1.54) is 0 Å². The SMILES string of the molecule is Cc1ccc(NC(=O)c2ccnc(N3CCOCC3)c2)cc1-c1ccc2c(c1)CC(C)(C)C2=O. The summed E-state index contributed by atoms with van der Waals surface area (Å²) >= 11 is 0. The van der Waals surface area contributed by atoms with Crippen LogP contribution in [0.5, 0.6) is 0 Å². The van der Waals surface area contributed by atoms with E-state index in [1.807, 2.05) is 50.2 Å². The van der Waals surface area contributed by atoms with Gasteiger partial charge in [0.05, 0.1) is 13.2 Å². The maximum atomic E-state index is 13.0. The van der Waals surface area contributed by atoms with Gasteiger partial charge >= 0.3 is 0 Å². The van der Waals surface area contributed by atoms with E-state index >= 15 is 0 Å². The van der Waals surface area contributed by atoms with E-state index in [1.54, 1.807) is 12.3 Å². The highest BCUT2D eigenvalue weighted by Crippen LogP contribution is 2.38. The number of nitrogens with one attached hydrogen (secondary N) is 1. The number of fused-ring (bicyclic) bond motifs is 1. The number of carbonyl (C=O) groups is 2. The molecule has 1 amide bonds. The molecular formula is C28H29N3O3. The van der Waals surface area contributed by atoms with Gasteiger partial charge in [-0.05, 0) is 59.9 Å². The van der Waals surface area contributed by atoms with Crippen molar-refractivity contribution in [3.8, 4) is 11.1 Å². The Hall–Kier alpha value is -3.51. The summed E-state index contributed by atoms with van der Waals surface area (Å²) in [6, 6.07) is 15.6. The molecule has 3 aromatic rings. The molecule has 6 heteroatoms. The van der Waals surface area contributed by atoms with Crippen LogP contribution in [-0.4, -0.2) is 43.0 Å². The maximum Gasteiger partial charge on any atom is 0.255 e. The lowest BCUT2D eigenvalue weighted by atomic mass is 9.89. The van der Waals surface area contributed by atoms with Crippen LogP contribution in [0.15, 0.2) is 54.7 Å². The average molecular weight is 456 g/mol. The number of carbonyl (C=O) groups excluding carboxylic acids is 2. The number of ether oxygens (including phenoxy) is 1. The Labute approximate surface area is 200 Å². The molecule has 6 nitrogen and oxygen atoms in total. The summed E-state index contributed by atoms with van der Waals surface area (Å²) in [7, 11) is 0. The minimum atomic E-state index is -0.351. The Morgan fingerprint density at radius 1 is 1.03 bits per heavy atom. The molecule has 34 heavy (non-hydrogen) atoms. The van der Waals surface area contributed by atoms with Gasteiger partial charge in [-0.3, -0.25) is 9.59 Å². The fraction of sp³-hybridized carbons (Fsp3) is 0.321. The first-order valence-electron chi connectivity index (χ1n) is 11.7. The first-order valence-corrected chi connectivity index (χ1v) is 11.7. The van der Waals surface area contributed by atoms with Gasteiger partial charge < -0.3 is 15.0 Å². The maximum absolute atomic E-state index is 13.0. The molecule has 0 saturated carbocycles. The van der Waals surface area contributed by atoms with E-state index in [0.29, 0.717) is 18.8 Å². The van der Waals surface area contributed by atoms with Gasteiger partial charge in [0.25, 0.3) is 5.91 Å². The van der Waals surface area contributed by atoms with E-state index in [0.717, 1.165) is 58.8 Å². The van der Waals surface area contributed by atoms with Crippen molar-refractivity contribution in [2.24, 2.45) is 5.41 Å². The number of aromatic nitrogens is 1. The molecule has 1 fully saturated rings. The van der Waals surface area contributed by atoms with Crippen LogP contribution in [-0.2, 0) is 11.2 Å². The van der Waals surface area contributed by atoms with Gasteiger partial charge in [-0.2, -0.15) is 0 Å². The van der Waals surface area contributed by atoms with Gasteiger partial charge in [0, 0.05) is 41.5 Å². The summed E-state index contributed by atoms with van der Waals surface area (Å²) in [5.74, 6) is 0.824. The first-order chi connectivity index (χ1) is 16.3. The molecule has 5 rings (SSSR count). The molecule has 1 aromatic heterocycles. The molecule has 2 heterocycles. The summed E-state index contributed by atoms with van der Waals surface area (Å²) in [6.45, 7) is 8.92. The van der Waals surface area contributed by atoms with Crippen LogP contribution in [0.4, 0.5) is 11.5 Å². The Morgan fingerprint density at radius 2 is 1.82 bits per heavy atom. The number of hydrogen-bond acceptors (Lipinski definition) is 5. The molecule has 0 spiro atoms. The van der Waals surface area contributed by atoms with Crippen LogP contribution < -0.4 is 10.2 Å². The number of anilines is 2. The van der Waals surface area contributed by atoms with E-state index in [4.69, 9.17) is 4.74 Å². The van der Waals surface area contributed by atoms with Crippen molar-refractivity contribution in [1.29, 1.82) is 0 Å². The monoisotopic (exact) mass is 455 g/mol. The topological polar surface area (TPSA) is 71.5 Å². The zero-order valence-corrected chi connectivity index (χ0v) is 19.9. The second-order valence-corrected chi connectivity index (χ2v) is 9.75. The number of rotatable bonds is 4. The minimum absolute atomic E-state index is 0.173. The van der Waals surface area contributed by atoms with Gasteiger partial charge in [0.1, 0.15) is 5.82 Å². The number of ketones is 1. The molecule has 0 atom stereocenters. The lowest BCUT2D eigenvalue weighted by Gasteiger charge is -2.27. The van der Waals surface area contributed by atoms with Crippen molar-refractivity contribution in [2.75, 3.05) is 36.5 Å². The second-order valence-electron chi connectivity index (χ2n) is 9.75. The van der Waals surface area contributed by atoms with Gasteiger partial charge in [0.2, 0.25) is 0 Å². The van der Waals surface area contributed by atoms with Crippen LogP contribution >= 0.6 is 0 Å². The number of nitrogens with zero attached hydrogens (tertiary/aromatic N) is 2. The van der Waals surface area contributed by atoms with E-state index < -0.39 is 0 Å². The fourth-order valence-electron chi connectivity index (χ4n) is 4.79. The lowest BCUT2D eigenvalue weighted by Crippen LogP contribution is -2.36. The summed E-state index contributed by atoms with van der Waals surface area (Å²) in [5, 5.41) is 3.03. The standard InChI is InChI=1S/C28H29N3O3/c1-18-4-6-22(16-24(18)19-5-7-23-21(14-19)17-28(2,3)26(23)32)30-27(33)20-8-9-29-25(15-20)31-10-12-34-13-11-31/h4-9,14-16H,10-13,17H2,1-3H3,(H,30,33). The molecule has 0 bridgehead atoms. The third-order valence-corrected chi connectivity index (χ3v) is 6.75.